The molecule has 9 heteroatoms. The fourth-order valence-corrected chi connectivity index (χ4v) is 6.75. The molecule has 0 saturated carbocycles. The molecule has 4 rings (SSSR count). The second-order valence-electron chi connectivity index (χ2n) is 9.11. The van der Waals surface area contributed by atoms with Crippen molar-refractivity contribution in [2.75, 3.05) is 17.7 Å². The summed E-state index contributed by atoms with van der Waals surface area (Å²) in [6.07, 6.45) is 6.68. The number of fused-ring (bicyclic) bond motifs is 1. The maximum atomic E-state index is 13.4. The lowest BCUT2D eigenvalue weighted by Gasteiger charge is -2.16. The van der Waals surface area contributed by atoms with Crippen LogP contribution in [0, 0.1) is 5.82 Å². The van der Waals surface area contributed by atoms with E-state index in [9.17, 15) is 18.8 Å². The first-order valence-electron chi connectivity index (χ1n) is 12.8. The zero-order valence-electron chi connectivity index (χ0n) is 21.5. The standard InChI is InChI=1S/C29H31FN2O4S2/c1-3-23(37-21-10-8-9-20(17-21)31-26(33)18-13-15-19(30)16-14-18)27(34)32-28-25(29(35)36-2)22-11-6-4-5-7-12-24(22)38-28/h8-10,13-17,23H,3-7,11-12H2,1-2H3,(H,31,33)(H,32,34). The summed E-state index contributed by atoms with van der Waals surface area (Å²) < 4.78 is 18.2. The lowest BCUT2D eigenvalue weighted by Crippen LogP contribution is -2.25. The Bertz CT molecular complexity index is 1310. The smallest absolute Gasteiger partial charge is 0.341 e. The van der Waals surface area contributed by atoms with E-state index in [1.54, 1.807) is 12.1 Å². The van der Waals surface area contributed by atoms with E-state index in [-0.39, 0.29) is 11.8 Å². The van der Waals surface area contributed by atoms with Crippen LogP contribution in [0.4, 0.5) is 15.1 Å². The molecule has 0 spiro atoms. The molecule has 0 aliphatic heterocycles. The molecule has 3 aromatic rings. The molecule has 1 aliphatic rings. The first-order chi connectivity index (χ1) is 18.4. The summed E-state index contributed by atoms with van der Waals surface area (Å²) in [5.41, 5.74) is 2.43. The van der Waals surface area contributed by atoms with Crippen LogP contribution in [0.25, 0.3) is 0 Å². The number of esters is 1. The van der Waals surface area contributed by atoms with Crippen LogP contribution in [0.1, 0.15) is 70.2 Å². The predicted octanol–water partition coefficient (Wildman–Crippen LogP) is 7.09. The topological polar surface area (TPSA) is 84.5 Å². The van der Waals surface area contributed by atoms with Crippen LogP contribution in [-0.2, 0) is 22.4 Å². The van der Waals surface area contributed by atoms with Gasteiger partial charge >= 0.3 is 5.97 Å². The van der Waals surface area contributed by atoms with E-state index in [1.807, 2.05) is 19.1 Å². The summed E-state index contributed by atoms with van der Waals surface area (Å²) in [5.74, 6) is -1.35. The van der Waals surface area contributed by atoms with Crippen LogP contribution < -0.4 is 10.6 Å². The van der Waals surface area contributed by atoms with Gasteiger partial charge in [-0.25, -0.2) is 9.18 Å². The van der Waals surface area contributed by atoms with Gasteiger partial charge in [-0.1, -0.05) is 25.8 Å². The molecule has 0 bridgehead atoms. The molecule has 0 saturated heterocycles. The van der Waals surface area contributed by atoms with Crippen molar-refractivity contribution in [3.63, 3.8) is 0 Å². The molecule has 1 heterocycles. The maximum Gasteiger partial charge on any atom is 0.341 e. The number of aryl methyl sites for hydroxylation is 1. The zero-order chi connectivity index (χ0) is 27.1. The summed E-state index contributed by atoms with van der Waals surface area (Å²) in [5, 5.41) is 6.00. The van der Waals surface area contributed by atoms with E-state index >= 15 is 0 Å². The Balaban J connectivity index is 1.48. The summed E-state index contributed by atoms with van der Waals surface area (Å²) >= 11 is 2.88. The molecule has 1 atom stereocenters. The minimum Gasteiger partial charge on any atom is -0.465 e. The van der Waals surface area contributed by atoms with Crippen molar-refractivity contribution < 1.29 is 23.5 Å². The quantitative estimate of drug-likeness (QED) is 0.229. The molecular formula is C29H31FN2O4S2. The van der Waals surface area contributed by atoms with E-state index in [4.69, 9.17) is 4.74 Å². The molecular weight excluding hydrogens is 523 g/mol. The number of carbonyl (C=O) groups excluding carboxylic acids is 3. The van der Waals surface area contributed by atoms with E-state index in [1.165, 1.54) is 60.9 Å². The molecule has 2 aromatic carbocycles. The number of anilines is 2. The number of hydrogen-bond acceptors (Lipinski definition) is 6. The summed E-state index contributed by atoms with van der Waals surface area (Å²) in [6, 6.07) is 12.6. The van der Waals surface area contributed by atoms with Crippen molar-refractivity contribution in [2.45, 2.75) is 62.0 Å². The van der Waals surface area contributed by atoms with E-state index in [2.05, 4.69) is 10.6 Å². The Morgan fingerprint density at radius 3 is 2.47 bits per heavy atom. The second kappa shape index (κ2) is 13.1. The second-order valence-corrected chi connectivity index (χ2v) is 11.5. The lowest BCUT2D eigenvalue weighted by atomic mass is 9.96. The van der Waals surface area contributed by atoms with Gasteiger partial charge < -0.3 is 15.4 Å². The van der Waals surface area contributed by atoms with E-state index in [0.717, 1.165) is 47.4 Å². The third-order valence-corrected chi connectivity index (χ3v) is 9.00. The highest BCUT2D eigenvalue weighted by Crippen LogP contribution is 2.38. The van der Waals surface area contributed by atoms with Gasteiger partial charge in [0.2, 0.25) is 5.91 Å². The molecule has 1 aliphatic carbocycles. The number of nitrogens with one attached hydrogen (secondary N) is 2. The lowest BCUT2D eigenvalue weighted by molar-refractivity contribution is -0.115. The fourth-order valence-electron chi connectivity index (χ4n) is 4.46. The van der Waals surface area contributed by atoms with E-state index in [0.29, 0.717) is 28.2 Å². The predicted molar refractivity (Wildman–Crippen MR) is 151 cm³/mol. The van der Waals surface area contributed by atoms with Crippen molar-refractivity contribution in [3.05, 3.63) is 75.9 Å². The summed E-state index contributed by atoms with van der Waals surface area (Å²) in [6.45, 7) is 1.94. The Morgan fingerprint density at radius 2 is 1.76 bits per heavy atom. The van der Waals surface area contributed by atoms with Crippen molar-refractivity contribution in [3.8, 4) is 0 Å². The van der Waals surface area contributed by atoms with Gasteiger partial charge in [0.15, 0.2) is 0 Å². The largest absolute Gasteiger partial charge is 0.465 e. The van der Waals surface area contributed by atoms with Gasteiger partial charge in [0.05, 0.1) is 17.9 Å². The molecule has 2 N–H and O–H groups in total. The highest BCUT2D eigenvalue weighted by molar-refractivity contribution is 8.00. The molecule has 1 unspecified atom stereocenters. The Labute approximate surface area is 230 Å². The van der Waals surface area contributed by atoms with Crippen LogP contribution in [0.3, 0.4) is 0 Å². The number of thiophene rings is 1. The van der Waals surface area contributed by atoms with Crippen molar-refractivity contribution in [1.82, 2.24) is 0 Å². The van der Waals surface area contributed by atoms with Crippen molar-refractivity contribution in [1.29, 1.82) is 0 Å². The number of ether oxygens (including phenoxy) is 1. The highest BCUT2D eigenvalue weighted by atomic mass is 32.2. The minimum absolute atomic E-state index is 0.183. The first-order valence-corrected chi connectivity index (χ1v) is 14.5. The van der Waals surface area contributed by atoms with Gasteiger partial charge in [-0.2, -0.15) is 0 Å². The number of hydrogen-bond donors (Lipinski definition) is 2. The fraction of sp³-hybridized carbons (Fsp3) is 0.345. The van der Waals surface area contributed by atoms with Crippen molar-refractivity contribution >= 4 is 51.6 Å². The molecule has 2 amide bonds. The van der Waals surface area contributed by atoms with E-state index < -0.39 is 17.0 Å². The number of carbonyl (C=O) groups is 3. The SMILES string of the molecule is CCC(Sc1cccc(NC(=O)c2ccc(F)cc2)c1)C(=O)Nc1sc2c(c1C(=O)OC)CCCCCC2. The van der Waals surface area contributed by atoms with Gasteiger partial charge in [-0.3, -0.25) is 9.59 Å². The number of rotatable bonds is 8. The number of amides is 2. The molecule has 0 fully saturated rings. The third kappa shape index (κ3) is 6.82. The van der Waals surface area contributed by atoms with Crippen LogP contribution in [0.2, 0.25) is 0 Å². The van der Waals surface area contributed by atoms with Crippen LogP contribution in [0.15, 0.2) is 53.4 Å². The summed E-state index contributed by atoms with van der Waals surface area (Å²) in [7, 11) is 1.37. The van der Waals surface area contributed by atoms with Gasteiger partial charge in [0, 0.05) is 21.0 Å². The Kier molecular flexibility index (Phi) is 9.58. The minimum atomic E-state index is -0.413. The molecule has 6 nitrogen and oxygen atoms in total. The third-order valence-electron chi connectivity index (χ3n) is 6.44. The molecule has 200 valence electrons. The summed E-state index contributed by atoms with van der Waals surface area (Å²) in [4.78, 5) is 40.6. The van der Waals surface area contributed by atoms with Crippen molar-refractivity contribution in [2.24, 2.45) is 0 Å². The van der Waals surface area contributed by atoms with Crippen LogP contribution >= 0.6 is 23.1 Å². The number of thioether (sulfide) groups is 1. The zero-order valence-corrected chi connectivity index (χ0v) is 23.1. The molecule has 0 radical (unpaired) electrons. The Hall–Kier alpha value is -3.17. The normalized spacial score (nSPS) is 14.0. The van der Waals surface area contributed by atoms with Gasteiger partial charge in [-0.05, 0) is 80.1 Å². The molecule has 1 aromatic heterocycles. The number of benzene rings is 2. The average Bonchev–Trinajstić information content (AvgIpc) is 3.22. The van der Waals surface area contributed by atoms with Crippen LogP contribution in [0.5, 0.6) is 0 Å². The van der Waals surface area contributed by atoms with Gasteiger partial charge in [0.25, 0.3) is 5.91 Å². The first kappa shape index (κ1) is 27.9. The van der Waals surface area contributed by atoms with Gasteiger partial charge in [0.1, 0.15) is 10.8 Å². The van der Waals surface area contributed by atoms with Gasteiger partial charge in [-0.15, -0.1) is 23.1 Å². The Morgan fingerprint density at radius 1 is 1.03 bits per heavy atom. The maximum absolute atomic E-state index is 13.4. The number of halogens is 1. The average molecular weight is 555 g/mol. The van der Waals surface area contributed by atoms with Crippen LogP contribution in [-0.4, -0.2) is 30.1 Å². The monoisotopic (exact) mass is 554 g/mol. The molecule has 38 heavy (non-hydrogen) atoms. The highest BCUT2D eigenvalue weighted by Gasteiger charge is 2.28. The number of methoxy groups -OCH3 is 1.